The van der Waals surface area contributed by atoms with Crippen molar-refractivity contribution < 1.29 is 4.39 Å². The van der Waals surface area contributed by atoms with Crippen molar-refractivity contribution in [2.24, 2.45) is 5.73 Å². The minimum atomic E-state index is -0.241. The molecule has 5 heteroatoms. The van der Waals surface area contributed by atoms with Crippen molar-refractivity contribution in [3.8, 4) is 0 Å². The van der Waals surface area contributed by atoms with Gasteiger partial charge >= 0.3 is 0 Å². The van der Waals surface area contributed by atoms with Gasteiger partial charge in [0.2, 0.25) is 0 Å². The van der Waals surface area contributed by atoms with E-state index in [0.717, 1.165) is 27.4 Å². The highest BCUT2D eigenvalue weighted by Crippen LogP contribution is 2.33. The lowest BCUT2D eigenvalue weighted by Gasteiger charge is -2.14. The molecule has 2 N–H and O–H groups in total. The van der Waals surface area contributed by atoms with E-state index in [1.54, 1.807) is 6.92 Å². The van der Waals surface area contributed by atoms with Gasteiger partial charge in [-0.05, 0) is 75.2 Å². The van der Waals surface area contributed by atoms with E-state index < -0.39 is 0 Å². The summed E-state index contributed by atoms with van der Waals surface area (Å²) in [5, 5.41) is 0.670. The molecule has 1 atom stereocenters. The summed E-state index contributed by atoms with van der Waals surface area (Å²) in [7, 11) is 0. The average molecular weight is 305 g/mol. The predicted octanol–water partition coefficient (Wildman–Crippen LogP) is 4.02. The molecular weight excluding hydrogens is 285 g/mol. The topological polar surface area (TPSA) is 51.8 Å². The highest BCUT2D eigenvalue weighted by molar-refractivity contribution is 7.99. The Morgan fingerprint density at radius 3 is 2.19 bits per heavy atom. The summed E-state index contributed by atoms with van der Waals surface area (Å²) in [5.41, 5.74) is 10.4. The summed E-state index contributed by atoms with van der Waals surface area (Å²) in [6, 6.07) is 3.08. The molecule has 0 radical (unpaired) electrons. The van der Waals surface area contributed by atoms with Crippen molar-refractivity contribution in [1.82, 2.24) is 9.97 Å². The van der Waals surface area contributed by atoms with Crippen LogP contribution in [0.15, 0.2) is 22.2 Å². The summed E-state index contributed by atoms with van der Waals surface area (Å²) in [6.07, 6.45) is 0. The van der Waals surface area contributed by atoms with Crippen molar-refractivity contribution in [3.05, 3.63) is 46.0 Å². The zero-order valence-electron chi connectivity index (χ0n) is 13.0. The van der Waals surface area contributed by atoms with Crippen LogP contribution in [0.1, 0.15) is 41.0 Å². The number of benzene rings is 1. The van der Waals surface area contributed by atoms with E-state index in [1.165, 1.54) is 17.8 Å². The van der Waals surface area contributed by atoms with Crippen LogP contribution in [0.2, 0.25) is 0 Å². The first-order valence-corrected chi connectivity index (χ1v) is 7.66. The van der Waals surface area contributed by atoms with Gasteiger partial charge in [-0.25, -0.2) is 14.4 Å². The highest BCUT2D eigenvalue weighted by atomic mass is 32.2. The molecule has 1 aromatic heterocycles. The fourth-order valence-corrected chi connectivity index (χ4v) is 3.16. The van der Waals surface area contributed by atoms with Crippen LogP contribution < -0.4 is 5.73 Å². The molecule has 2 aromatic rings. The molecule has 0 bridgehead atoms. The van der Waals surface area contributed by atoms with Crippen molar-refractivity contribution >= 4 is 11.8 Å². The SMILES string of the molecule is Cc1cc(Sc2nc(C)c(C)c(C)n2)c([C@H](C)N)cc1F. The van der Waals surface area contributed by atoms with Crippen molar-refractivity contribution in [1.29, 1.82) is 0 Å². The quantitative estimate of drug-likeness (QED) is 0.870. The van der Waals surface area contributed by atoms with E-state index in [2.05, 4.69) is 9.97 Å². The second-order valence-corrected chi connectivity index (χ2v) is 6.34. The zero-order chi connectivity index (χ0) is 15.7. The summed E-state index contributed by atoms with van der Waals surface area (Å²) in [6.45, 7) is 9.54. The third-order valence-corrected chi connectivity index (χ3v) is 4.53. The molecule has 0 unspecified atom stereocenters. The second-order valence-electron chi connectivity index (χ2n) is 5.33. The zero-order valence-corrected chi connectivity index (χ0v) is 13.8. The maximum atomic E-state index is 13.7. The Bertz CT molecular complexity index is 660. The molecule has 3 nitrogen and oxygen atoms in total. The summed E-state index contributed by atoms with van der Waals surface area (Å²) in [5.74, 6) is -0.233. The number of nitrogens with zero attached hydrogens (tertiary/aromatic N) is 2. The molecule has 0 fully saturated rings. The lowest BCUT2D eigenvalue weighted by molar-refractivity contribution is 0.610. The van der Waals surface area contributed by atoms with Gasteiger partial charge in [-0.1, -0.05) is 0 Å². The van der Waals surface area contributed by atoms with Crippen LogP contribution in [0.25, 0.3) is 0 Å². The molecule has 21 heavy (non-hydrogen) atoms. The van der Waals surface area contributed by atoms with Gasteiger partial charge in [0.15, 0.2) is 5.16 Å². The number of aromatic nitrogens is 2. The smallest absolute Gasteiger partial charge is 0.192 e. The summed E-state index contributed by atoms with van der Waals surface area (Å²) >= 11 is 1.43. The second kappa shape index (κ2) is 6.12. The van der Waals surface area contributed by atoms with Crippen LogP contribution in [-0.2, 0) is 0 Å². The number of hydrogen-bond acceptors (Lipinski definition) is 4. The van der Waals surface area contributed by atoms with Gasteiger partial charge in [0.05, 0.1) is 0 Å². The van der Waals surface area contributed by atoms with Gasteiger partial charge in [0, 0.05) is 22.3 Å². The molecule has 0 amide bonds. The standard InChI is InChI=1S/C16H20FN3S/c1-8-6-15(13(10(3)18)7-14(8)17)21-16-19-11(4)9(2)12(5)20-16/h6-7,10H,18H2,1-5H3/t10-/m0/s1. The van der Waals surface area contributed by atoms with E-state index in [9.17, 15) is 4.39 Å². The molecule has 0 aliphatic rings. The first-order valence-electron chi connectivity index (χ1n) is 6.85. The van der Waals surface area contributed by atoms with Gasteiger partial charge in [0.1, 0.15) is 5.82 Å². The number of nitrogens with two attached hydrogens (primary N) is 1. The molecule has 2 rings (SSSR count). The van der Waals surface area contributed by atoms with E-state index in [0.29, 0.717) is 10.7 Å². The molecule has 0 aliphatic carbocycles. The predicted molar refractivity (Wildman–Crippen MR) is 84.1 cm³/mol. The molecule has 0 saturated carbocycles. The monoisotopic (exact) mass is 305 g/mol. The first kappa shape index (κ1) is 15.9. The molecule has 1 heterocycles. The number of halogens is 1. The fourth-order valence-electron chi connectivity index (χ4n) is 2.00. The van der Waals surface area contributed by atoms with Crippen molar-refractivity contribution in [3.63, 3.8) is 0 Å². The molecular formula is C16H20FN3S. The van der Waals surface area contributed by atoms with Gasteiger partial charge < -0.3 is 5.73 Å². The summed E-state index contributed by atoms with van der Waals surface area (Å²) in [4.78, 5) is 9.91. The minimum Gasteiger partial charge on any atom is -0.324 e. The maximum Gasteiger partial charge on any atom is 0.192 e. The summed E-state index contributed by atoms with van der Waals surface area (Å²) < 4.78 is 13.7. The lowest BCUT2D eigenvalue weighted by atomic mass is 10.1. The number of hydrogen-bond donors (Lipinski definition) is 1. The van der Waals surface area contributed by atoms with Gasteiger partial charge in [-0.3, -0.25) is 0 Å². The third kappa shape index (κ3) is 3.41. The molecule has 1 aromatic carbocycles. The van der Waals surface area contributed by atoms with Crippen LogP contribution in [0, 0.1) is 33.5 Å². The maximum absolute atomic E-state index is 13.7. The minimum absolute atomic E-state index is 0.233. The van der Waals surface area contributed by atoms with E-state index in [4.69, 9.17) is 5.73 Å². The van der Waals surface area contributed by atoms with Crippen molar-refractivity contribution in [2.45, 2.75) is 50.7 Å². The Kier molecular flexibility index (Phi) is 4.64. The fraction of sp³-hybridized carbons (Fsp3) is 0.375. The van der Waals surface area contributed by atoms with E-state index in [-0.39, 0.29) is 11.9 Å². The molecule has 0 saturated heterocycles. The van der Waals surface area contributed by atoms with Gasteiger partial charge in [-0.2, -0.15) is 0 Å². The Morgan fingerprint density at radius 1 is 1.10 bits per heavy atom. The van der Waals surface area contributed by atoms with Crippen LogP contribution >= 0.6 is 11.8 Å². The molecule has 0 spiro atoms. The first-order chi connectivity index (χ1) is 9.79. The normalized spacial score (nSPS) is 12.5. The Hall–Kier alpha value is -1.46. The van der Waals surface area contributed by atoms with Crippen LogP contribution in [-0.4, -0.2) is 9.97 Å². The lowest BCUT2D eigenvalue weighted by Crippen LogP contribution is -2.08. The molecule has 112 valence electrons. The van der Waals surface area contributed by atoms with Crippen molar-refractivity contribution in [2.75, 3.05) is 0 Å². The number of rotatable bonds is 3. The van der Waals surface area contributed by atoms with E-state index >= 15 is 0 Å². The van der Waals surface area contributed by atoms with Crippen LogP contribution in [0.4, 0.5) is 4.39 Å². The van der Waals surface area contributed by atoms with E-state index in [1.807, 2.05) is 33.8 Å². The average Bonchev–Trinajstić information content (AvgIpc) is 2.39. The Labute approximate surface area is 129 Å². The largest absolute Gasteiger partial charge is 0.324 e. The molecule has 0 aliphatic heterocycles. The van der Waals surface area contributed by atoms with Gasteiger partial charge in [-0.15, -0.1) is 0 Å². The Balaban J connectivity index is 2.46. The van der Waals surface area contributed by atoms with Crippen LogP contribution in [0.3, 0.4) is 0 Å². The highest BCUT2D eigenvalue weighted by Gasteiger charge is 2.14. The Morgan fingerprint density at radius 2 is 1.67 bits per heavy atom. The van der Waals surface area contributed by atoms with Gasteiger partial charge in [0.25, 0.3) is 0 Å². The number of aryl methyl sites for hydroxylation is 3. The van der Waals surface area contributed by atoms with Crippen LogP contribution in [0.5, 0.6) is 0 Å². The third-order valence-electron chi connectivity index (χ3n) is 3.59.